The Bertz CT molecular complexity index is 242. The molecular formula is C7H9IN2O. The quantitative estimate of drug-likeness (QED) is 0.718. The highest BCUT2D eigenvalue weighted by molar-refractivity contribution is 14.1. The average molecular weight is 264 g/mol. The van der Waals surface area contributed by atoms with Crippen LogP contribution in [-0.4, -0.2) is 23.0 Å². The molecule has 0 N–H and O–H groups in total. The lowest BCUT2D eigenvalue weighted by molar-refractivity contribution is 0.184. The average Bonchev–Trinajstić information content (AvgIpc) is 2.55. The van der Waals surface area contributed by atoms with Crippen molar-refractivity contribution in [3.05, 3.63) is 16.0 Å². The SMILES string of the molecule is Ic1cnn([C@H]2CCOC2)c1. The first-order valence-corrected chi connectivity index (χ1v) is 4.71. The van der Waals surface area contributed by atoms with Crippen LogP contribution in [0.3, 0.4) is 0 Å². The Balaban J connectivity index is 2.15. The van der Waals surface area contributed by atoms with E-state index in [1.807, 2.05) is 10.9 Å². The fourth-order valence-corrected chi connectivity index (χ4v) is 1.66. The van der Waals surface area contributed by atoms with Crippen LogP contribution in [0.1, 0.15) is 12.5 Å². The van der Waals surface area contributed by atoms with Gasteiger partial charge < -0.3 is 4.74 Å². The Hall–Kier alpha value is -0.100. The van der Waals surface area contributed by atoms with Gasteiger partial charge in [-0.05, 0) is 29.0 Å². The molecule has 1 atom stereocenters. The fraction of sp³-hybridized carbons (Fsp3) is 0.571. The molecule has 1 aliphatic rings. The predicted molar refractivity (Wildman–Crippen MR) is 49.4 cm³/mol. The molecular weight excluding hydrogens is 255 g/mol. The molecule has 60 valence electrons. The Kier molecular flexibility index (Phi) is 2.13. The van der Waals surface area contributed by atoms with E-state index in [0.717, 1.165) is 19.6 Å². The van der Waals surface area contributed by atoms with Crippen LogP contribution >= 0.6 is 22.6 Å². The number of aromatic nitrogens is 2. The molecule has 0 radical (unpaired) electrons. The third-order valence-corrected chi connectivity index (χ3v) is 2.41. The van der Waals surface area contributed by atoms with E-state index in [2.05, 4.69) is 33.9 Å². The first-order chi connectivity index (χ1) is 5.36. The van der Waals surface area contributed by atoms with E-state index >= 15 is 0 Å². The third-order valence-electron chi connectivity index (χ3n) is 1.85. The number of nitrogens with zero attached hydrogens (tertiary/aromatic N) is 2. The minimum absolute atomic E-state index is 0.471. The van der Waals surface area contributed by atoms with Gasteiger partial charge in [0.15, 0.2) is 0 Å². The van der Waals surface area contributed by atoms with Gasteiger partial charge in [0.25, 0.3) is 0 Å². The zero-order chi connectivity index (χ0) is 7.68. The summed E-state index contributed by atoms with van der Waals surface area (Å²) in [5.41, 5.74) is 0. The van der Waals surface area contributed by atoms with Gasteiger partial charge in [-0.2, -0.15) is 5.10 Å². The molecule has 4 heteroatoms. The molecule has 0 amide bonds. The molecule has 0 spiro atoms. The monoisotopic (exact) mass is 264 g/mol. The minimum atomic E-state index is 0.471. The number of rotatable bonds is 1. The molecule has 0 unspecified atom stereocenters. The first-order valence-electron chi connectivity index (χ1n) is 3.63. The lowest BCUT2D eigenvalue weighted by atomic mass is 10.3. The second kappa shape index (κ2) is 3.10. The molecule has 1 aromatic heterocycles. The summed E-state index contributed by atoms with van der Waals surface area (Å²) in [6.07, 6.45) is 5.02. The molecule has 0 bridgehead atoms. The maximum Gasteiger partial charge on any atom is 0.0774 e. The van der Waals surface area contributed by atoms with Crippen molar-refractivity contribution in [3.8, 4) is 0 Å². The number of ether oxygens (including phenoxy) is 1. The van der Waals surface area contributed by atoms with E-state index in [9.17, 15) is 0 Å². The maximum atomic E-state index is 5.26. The Morgan fingerprint density at radius 2 is 2.64 bits per heavy atom. The minimum Gasteiger partial charge on any atom is -0.379 e. The summed E-state index contributed by atoms with van der Waals surface area (Å²) in [6.45, 7) is 1.69. The van der Waals surface area contributed by atoms with Crippen LogP contribution in [0.4, 0.5) is 0 Å². The molecule has 1 saturated heterocycles. The van der Waals surface area contributed by atoms with Crippen LogP contribution in [-0.2, 0) is 4.74 Å². The van der Waals surface area contributed by atoms with Crippen molar-refractivity contribution in [1.29, 1.82) is 0 Å². The van der Waals surface area contributed by atoms with Crippen molar-refractivity contribution in [1.82, 2.24) is 9.78 Å². The van der Waals surface area contributed by atoms with Crippen LogP contribution in [0.2, 0.25) is 0 Å². The van der Waals surface area contributed by atoms with Crippen molar-refractivity contribution >= 4 is 22.6 Å². The number of hydrogen-bond acceptors (Lipinski definition) is 2. The Morgan fingerprint density at radius 1 is 1.73 bits per heavy atom. The standard InChI is InChI=1S/C7H9IN2O/c8-6-3-9-10(4-6)7-1-2-11-5-7/h3-4,7H,1-2,5H2/t7-/m0/s1. The van der Waals surface area contributed by atoms with Gasteiger partial charge in [-0.25, -0.2) is 0 Å². The van der Waals surface area contributed by atoms with E-state index in [0.29, 0.717) is 6.04 Å². The molecule has 3 nitrogen and oxygen atoms in total. The van der Waals surface area contributed by atoms with Crippen LogP contribution in [0.25, 0.3) is 0 Å². The number of halogens is 1. The predicted octanol–water partition coefficient (Wildman–Crippen LogP) is 1.45. The van der Waals surface area contributed by atoms with Gasteiger partial charge in [0.2, 0.25) is 0 Å². The molecule has 1 aromatic rings. The third kappa shape index (κ3) is 1.56. The van der Waals surface area contributed by atoms with Crippen LogP contribution in [0.15, 0.2) is 12.4 Å². The van der Waals surface area contributed by atoms with Crippen LogP contribution < -0.4 is 0 Å². The summed E-state index contributed by atoms with van der Waals surface area (Å²) in [6, 6.07) is 0.471. The summed E-state index contributed by atoms with van der Waals surface area (Å²) in [7, 11) is 0. The highest BCUT2D eigenvalue weighted by Crippen LogP contribution is 2.18. The lowest BCUT2D eigenvalue weighted by Crippen LogP contribution is -2.08. The number of hydrogen-bond donors (Lipinski definition) is 0. The van der Waals surface area contributed by atoms with Gasteiger partial charge >= 0.3 is 0 Å². The van der Waals surface area contributed by atoms with E-state index in [4.69, 9.17) is 4.74 Å². The molecule has 1 aliphatic heterocycles. The smallest absolute Gasteiger partial charge is 0.0774 e. The van der Waals surface area contributed by atoms with Crippen LogP contribution in [0, 0.1) is 3.57 Å². The largest absolute Gasteiger partial charge is 0.379 e. The lowest BCUT2D eigenvalue weighted by Gasteiger charge is -2.06. The first kappa shape index (κ1) is 7.54. The highest BCUT2D eigenvalue weighted by Gasteiger charge is 2.17. The van der Waals surface area contributed by atoms with Gasteiger partial charge in [-0.1, -0.05) is 0 Å². The fourth-order valence-electron chi connectivity index (χ4n) is 1.25. The van der Waals surface area contributed by atoms with Crippen molar-refractivity contribution in [3.63, 3.8) is 0 Å². The summed E-state index contributed by atoms with van der Waals surface area (Å²) in [4.78, 5) is 0. The van der Waals surface area contributed by atoms with Crippen molar-refractivity contribution in [2.45, 2.75) is 12.5 Å². The summed E-state index contributed by atoms with van der Waals surface area (Å²) in [5, 5.41) is 4.23. The molecule has 2 heterocycles. The Labute approximate surface area is 78.9 Å². The molecule has 0 aliphatic carbocycles. The van der Waals surface area contributed by atoms with Gasteiger partial charge in [0.1, 0.15) is 0 Å². The van der Waals surface area contributed by atoms with Crippen LogP contribution in [0.5, 0.6) is 0 Å². The maximum absolute atomic E-state index is 5.26. The van der Waals surface area contributed by atoms with Crippen molar-refractivity contribution in [2.75, 3.05) is 13.2 Å². The summed E-state index contributed by atoms with van der Waals surface area (Å²) < 4.78 is 8.44. The van der Waals surface area contributed by atoms with Gasteiger partial charge in [0, 0.05) is 12.8 Å². The molecule has 2 rings (SSSR count). The molecule has 11 heavy (non-hydrogen) atoms. The highest BCUT2D eigenvalue weighted by atomic mass is 127. The zero-order valence-corrected chi connectivity index (χ0v) is 8.19. The van der Waals surface area contributed by atoms with Gasteiger partial charge in [-0.3, -0.25) is 4.68 Å². The topological polar surface area (TPSA) is 27.1 Å². The van der Waals surface area contributed by atoms with E-state index < -0.39 is 0 Å². The normalized spacial score (nSPS) is 24.3. The Morgan fingerprint density at radius 3 is 3.18 bits per heavy atom. The summed E-state index contributed by atoms with van der Waals surface area (Å²) in [5.74, 6) is 0. The summed E-state index contributed by atoms with van der Waals surface area (Å²) >= 11 is 2.26. The zero-order valence-electron chi connectivity index (χ0n) is 6.03. The molecule has 0 aromatic carbocycles. The molecule has 0 saturated carbocycles. The molecule has 1 fully saturated rings. The van der Waals surface area contributed by atoms with E-state index in [-0.39, 0.29) is 0 Å². The van der Waals surface area contributed by atoms with Crippen molar-refractivity contribution < 1.29 is 4.74 Å². The second-order valence-corrected chi connectivity index (χ2v) is 3.90. The second-order valence-electron chi connectivity index (χ2n) is 2.66. The van der Waals surface area contributed by atoms with E-state index in [1.54, 1.807) is 0 Å². The van der Waals surface area contributed by atoms with Crippen molar-refractivity contribution in [2.24, 2.45) is 0 Å². The van der Waals surface area contributed by atoms with Gasteiger partial charge in [0.05, 0.1) is 22.4 Å². The van der Waals surface area contributed by atoms with E-state index in [1.165, 1.54) is 3.57 Å². The van der Waals surface area contributed by atoms with Gasteiger partial charge in [-0.15, -0.1) is 0 Å².